The second-order valence-corrected chi connectivity index (χ2v) is 9.58. The van der Waals surface area contributed by atoms with Gasteiger partial charge >= 0.3 is 0 Å². The lowest BCUT2D eigenvalue weighted by Gasteiger charge is -2.20. The number of thiophene rings is 1. The number of amides is 1. The summed E-state index contributed by atoms with van der Waals surface area (Å²) < 4.78 is 12.7. The van der Waals surface area contributed by atoms with Crippen molar-refractivity contribution < 1.29 is 14.3 Å². The lowest BCUT2D eigenvalue weighted by Crippen LogP contribution is -2.29. The van der Waals surface area contributed by atoms with Crippen LogP contribution in [-0.2, 0) is 30.6 Å². The molecule has 0 fully saturated rings. The summed E-state index contributed by atoms with van der Waals surface area (Å²) in [4.78, 5) is 31.9. The molecule has 9 heteroatoms. The summed E-state index contributed by atoms with van der Waals surface area (Å²) in [5.41, 5.74) is 2.10. The van der Waals surface area contributed by atoms with E-state index in [4.69, 9.17) is 21.1 Å². The van der Waals surface area contributed by atoms with Crippen molar-refractivity contribution >= 4 is 39.1 Å². The van der Waals surface area contributed by atoms with Gasteiger partial charge in [0.25, 0.3) is 5.56 Å². The maximum atomic E-state index is 13.0. The predicted molar refractivity (Wildman–Crippen MR) is 124 cm³/mol. The van der Waals surface area contributed by atoms with E-state index in [0.29, 0.717) is 49.2 Å². The van der Waals surface area contributed by atoms with Crippen LogP contribution in [0.5, 0.6) is 11.5 Å². The quantitative estimate of drug-likeness (QED) is 0.592. The highest BCUT2D eigenvalue weighted by Gasteiger charge is 2.20. The molecule has 3 aromatic rings. The lowest BCUT2D eigenvalue weighted by molar-refractivity contribution is -0.121. The zero-order valence-corrected chi connectivity index (χ0v) is 19.2. The van der Waals surface area contributed by atoms with Gasteiger partial charge in [-0.15, -0.1) is 11.3 Å². The van der Waals surface area contributed by atoms with Crippen LogP contribution < -0.4 is 20.3 Å². The van der Waals surface area contributed by atoms with Crippen LogP contribution in [0.1, 0.15) is 35.3 Å². The fourth-order valence-electron chi connectivity index (χ4n) is 4.31. The average molecular weight is 474 g/mol. The zero-order chi connectivity index (χ0) is 22.1. The minimum atomic E-state index is -0.104. The van der Waals surface area contributed by atoms with Crippen molar-refractivity contribution in [2.45, 2.75) is 45.1 Å². The van der Waals surface area contributed by atoms with Gasteiger partial charge in [0.1, 0.15) is 18.0 Å². The second-order valence-electron chi connectivity index (χ2n) is 8.09. The third-order valence-electron chi connectivity index (χ3n) is 5.91. The second kappa shape index (κ2) is 9.11. The number of fused-ring (bicyclic) bond motifs is 4. The van der Waals surface area contributed by atoms with Crippen molar-refractivity contribution in [3.05, 3.63) is 49.8 Å². The van der Waals surface area contributed by atoms with Gasteiger partial charge in [-0.05, 0) is 55.4 Å². The Hall–Kier alpha value is -2.58. The lowest BCUT2D eigenvalue weighted by atomic mass is 9.97. The van der Waals surface area contributed by atoms with E-state index in [1.807, 2.05) is 12.1 Å². The summed E-state index contributed by atoms with van der Waals surface area (Å²) >= 11 is 7.90. The maximum Gasteiger partial charge on any atom is 0.262 e. The molecule has 0 bridgehead atoms. The van der Waals surface area contributed by atoms with E-state index in [1.54, 1.807) is 22.2 Å². The number of aryl methyl sites for hydroxylation is 3. The molecule has 0 atom stereocenters. The van der Waals surface area contributed by atoms with Crippen molar-refractivity contribution in [3.8, 4) is 11.5 Å². The first-order chi connectivity index (χ1) is 15.6. The normalized spacial score (nSPS) is 14.9. The molecule has 3 heterocycles. The molecule has 1 amide bonds. The molecule has 0 saturated heterocycles. The van der Waals surface area contributed by atoms with Crippen LogP contribution in [-0.4, -0.2) is 35.2 Å². The molecule has 1 aliphatic heterocycles. The summed E-state index contributed by atoms with van der Waals surface area (Å²) in [6, 6.07) is 3.73. The Bertz CT molecular complexity index is 1240. The molecule has 2 aliphatic rings. The molecule has 5 rings (SSSR count). The largest absolute Gasteiger partial charge is 0.486 e. The molecule has 0 radical (unpaired) electrons. The van der Waals surface area contributed by atoms with E-state index in [-0.39, 0.29) is 17.9 Å². The van der Waals surface area contributed by atoms with Gasteiger partial charge in [-0.3, -0.25) is 14.2 Å². The summed E-state index contributed by atoms with van der Waals surface area (Å²) in [5.74, 6) is 1.12. The predicted octanol–water partition coefficient (Wildman–Crippen LogP) is 3.51. The van der Waals surface area contributed by atoms with Gasteiger partial charge < -0.3 is 14.8 Å². The minimum absolute atomic E-state index is 0.0341. The smallest absolute Gasteiger partial charge is 0.262 e. The molecule has 0 unspecified atom stereocenters. The highest BCUT2D eigenvalue weighted by atomic mass is 35.5. The number of hydrogen-bond acceptors (Lipinski definition) is 6. The Balaban J connectivity index is 1.18. The fraction of sp³-hybridized carbons (Fsp3) is 0.435. The molecule has 1 N–H and O–H groups in total. The van der Waals surface area contributed by atoms with E-state index >= 15 is 0 Å². The van der Waals surface area contributed by atoms with Crippen LogP contribution in [0, 0.1) is 0 Å². The van der Waals surface area contributed by atoms with Crippen molar-refractivity contribution in [2.75, 3.05) is 19.8 Å². The van der Waals surface area contributed by atoms with Gasteiger partial charge in [-0.2, -0.15) is 0 Å². The standard InChI is InChI=1S/C23H24ClN3O4S/c24-16-11-14(12-17-21(16)31-10-9-30-17)5-7-25-19(28)6-8-27-13-26-22-20(23(27)29)15-3-1-2-4-18(15)32-22/h11-13H,1-10H2,(H,25,28). The maximum absolute atomic E-state index is 13.0. The van der Waals surface area contributed by atoms with Crippen molar-refractivity contribution in [3.63, 3.8) is 0 Å². The molecule has 32 heavy (non-hydrogen) atoms. The molecule has 1 aliphatic carbocycles. The SMILES string of the molecule is O=C(CCn1cnc2sc3c(c2c1=O)CCCC3)NCCc1cc(Cl)c2c(c1)OCCO2. The first-order valence-electron chi connectivity index (χ1n) is 10.9. The highest BCUT2D eigenvalue weighted by molar-refractivity contribution is 7.18. The third-order valence-corrected chi connectivity index (χ3v) is 7.39. The van der Waals surface area contributed by atoms with E-state index in [1.165, 1.54) is 16.9 Å². The van der Waals surface area contributed by atoms with Crippen molar-refractivity contribution in [2.24, 2.45) is 0 Å². The summed E-state index contributed by atoms with van der Waals surface area (Å²) in [6.45, 7) is 1.77. The van der Waals surface area contributed by atoms with Crippen LogP contribution >= 0.6 is 22.9 Å². The summed E-state index contributed by atoms with van der Waals surface area (Å²) in [6.07, 6.45) is 6.68. The number of nitrogens with zero attached hydrogens (tertiary/aromatic N) is 2. The Labute approximate surface area is 194 Å². The zero-order valence-electron chi connectivity index (χ0n) is 17.6. The number of aromatic nitrogens is 2. The van der Waals surface area contributed by atoms with Crippen LogP contribution in [0.4, 0.5) is 0 Å². The fourth-order valence-corrected chi connectivity index (χ4v) is 5.81. The van der Waals surface area contributed by atoms with E-state index in [9.17, 15) is 9.59 Å². The van der Waals surface area contributed by atoms with Gasteiger partial charge in [0.15, 0.2) is 11.5 Å². The average Bonchev–Trinajstić information content (AvgIpc) is 3.18. The number of nitrogens with one attached hydrogen (secondary N) is 1. The molecule has 7 nitrogen and oxygen atoms in total. The Morgan fingerprint density at radius 2 is 2.06 bits per heavy atom. The number of halogens is 1. The summed E-state index contributed by atoms with van der Waals surface area (Å²) in [5, 5.41) is 4.18. The Morgan fingerprint density at radius 1 is 1.22 bits per heavy atom. The summed E-state index contributed by atoms with van der Waals surface area (Å²) in [7, 11) is 0. The molecule has 0 spiro atoms. The number of carbonyl (C=O) groups excluding carboxylic acids is 1. The third kappa shape index (κ3) is 4.21. The highest BCUT2D eigenvalue weighted by Crippen LogP contribution is 2.38. The van der Waals surface area contributed by atoms with Gasteiger partial charge in [-0.25, -0.2) is 4.98 Å². The molecule has 1 aromatic carbocycles. The molecule has 0 saturated carbocycles. The van der Waals surface area contributed by atoms with Crippen LogP contribution in [0.2, 0.25) is 5.02 Å². The van der Waals surface area contributed by atoms with Gasteiger partial charge in [-0.1, -0.05) is 11.6 Å². The van der Waals surface area contributed by atoms with Gasteiger partial charge in [0.05, 0.1) is 16.7 Å². The van der Waals surface area contributed by atoms with Crippen LogP contribution in [0.15, 0.2) is 23.3 Å². The molecule has 2 aromatic heterocycles. The number of benzene rings is 1. The molecular formula is C23H24ClN3O4S. The van der Waals surface area contributed by atoms with Crippen LogP contribution in [0.25, 0.3) is 10.2 Å². The first kappa shape index (κ1) is 21.3. The number of hydrogen-bond donors (Lipinski definition) is 1. The Kier molecular flexibility index (Phi) is 6.06. The van der Waals surface area contributed by atoms with E-state index in [2.05, 4.69) is 10.3 Å². The number of rotatable bonds is 6. The topological polar surface area (TPSA) is 82.5 Å². The molecular weight excluding hydrogens is 450 g/mol. The monoisotopic (exact) mass is 473 g/mol. The van der Waals surface area contributed by atoms with Gasteiger partial charge in [0, 0.05) is 24.4 Å². The van der Waals surface area contributed by atoms with Gasteiger partial charge in [0.2, 0.25) is 5.91 Å². The van der Waals surface area contributed by atoms with E-state index in [0.717, 1.165) is 35.0 Å². The number of ether oxygens (including phenoxy) is 2. The van der Waals surface area contributed by atoms with E-state index < -0.39 is 0 Å². The number of carbonyl (C=O) groups is 1. The molecule has 168 valence electrons. The van der Waals surface area contributed by atoms with Crippen molar-refractivity contribution in [1.29, 1.82) is 0 Å². The van der Waals surface area contributed by atoms with Crippen LogP contribution in [0.3, 0.4) is 0 Å². The first-order valence-corrected chi connectivity index (χ1v) is 12.1. The minimum Gasteiger partial charge on any atom is -0.486 e. The van der Waals surface area contributed by atoms with Crippen molar-refractivity contribution in [1.82, 2.24) is 14.9 Å². The Morgan fingerprint density at radius 3 is 2.97 bits per heavy atom.